The minimum Gasteiger partial charge on any atom is -0.489 e. The molecule has 1 heterocycles. The molecule has 2 aliphatic carbocycles. The van der Waals surface area contributed by atoms with Crippen LogP contribution in [-0.2, 0) is 23.4 Å². The molecule has 1 fully saturated rings. The molecule has 2 atom stereocenters. The molecule has 0 aromatic heterocycles. The molecule has 3 heteroatoms. The molecule has 26 heavy (non-hydrogen) atoms. The third-order valence-corrected chi connectivity index (χ3v) is 6.95. The number of benzene rings is 2. The van der Waals surface area contributed by atoms with Gasteiger partial charge in [-0.2, -0.15) is 0 Å². The fourth-order valence-corrected chi connectivity index (χ4v) is 5.56. The van der Waals surface area contributed by atoms with E-state index in [-0.39, 0.29) is 22.2 Å². The zero-order valence-corrected chi connectivity index (χ0v) is 15.2. The topological polar surface area (TPSA) is 38.3 Å². The Morgan fingerprint density at radius 2 is 1.88 bits per heavy atom. The summed E-state index contributed by atoms with van der Waals surface area (Å²) in [7, 11) is 0. The fraction of sp³-hybridized carbons (Fsp3) is 0.348. The van der Waals surface area contributed by atoms with Gasteiger partial charge in [-0.15, -0.1) is 0 Å². The number of hydrogen-bond acceptors (Lipinski definition) is 3. The van der Waals surface area contributed by atoms with Gasteiger partial charge in [0.05, 0.1) is 0 Å². The minimum atomic E-state index is -0.189. The van der Waals surface area contributed by atoms with Gasteiger partial charge >= 0.3 is 0 Å². The maximum atomic E-state index is 12.2. The molecule has 0 bridgehead atoms. The van der Waals surface area contributed by atoms with Gasteiger partial charge in [0.25, 0.3) is 0 Å². The van der Waals surface area contributed by atoms with Crippen molar-refractivity contribution in [1.82, 2.24) is 5.32 Å². The van der Waals surface area contributed by atoms with Gasteiger partial charge in [-0.25, -0.2) is 0 Å². The lowest BCUT2D eigenvalue weighted by molar-refractivity contribution is -0.115. The van der Waals surface area contributed by atoms with Gasteiger partial charge in [-0.3, -0.25) is 4.79 Å². The molecule has 0 spiro atoms. The highest BCUT2D eigenvalue weighted by Crippen LogP contribution is 2.78. The summed E-state index contributed by atoms with van der Waals surface area (Å²) in [4.78, 5) is 12.2. The molecule has 0 unspecified atom stereocenters. The number of fused-ring (bicyclic) bond motifs is 1. The van der Waals surface area contributed by atoms with E-state index in [4.69, 9.17) is 4.74 Å². The Morgan fingerprint density at radius 1 is 1.08 bits per heavy atom. The van der Waals surface area contributed by atoms with Crippen molar-refractivity contribution in [2.45, 2.75) is 44.4 Å². The van der Waals surface area contributed by atoms with Gasteiger partial charge in [-0.05, 0) is 28.7 Å². The molecule has 1 N–H and O–H groups in total. The maximum Gasteiger partial charge on any atom is 0.157 e. The van der Waals surface area contributed by atoms with Crippen LogP contribution in [0.3, 0.4) is 0 Å². The second kappa shape index (κ2) is 5.08. The number of ether oxygens (including phenoxy) is 1. The van der Waals surface area contributed by atoms with Crippen molar-refractivity contribution in [1.29, 1.82) is 0 Å². The summed E-state index contributed by atoms with van der Waals surface area (Å²) in [5.74, 6) is 1.16. The summed E-state index contributed by atoms with van der Waals surface area (Å²) in [5.41, 5.74) is 3.31. The third-order valence-electron chi connectivity index (χ3n) is 6.95. The Kier molecular flexibility index (Phi) is 3.09. The molecular formula is C23H23NO2. The van der Waals surface area contributed by atoms with Gasteiger partial charge < -0.3 is 10.1 Å². The Labute approximate surface area is 154 Å². The zero-order chi connectivity index (χ0) is 18.0. The first kappa shape index (κ1) is 15.8. The van der Waals surface area contributed by atoms with Crippen molar-refractivity contribution in [3.63, 3.8) is 0 Å². The third kappa shape index (κ3) is 1.74. The highest BCUT2D eigenvalue weighted by molar-refractivity contribution is 5.95. The predicted octanol–water partition coefficient (Wildman–Crippen LogP) is 3.91. The standard InChI is InChI=1S/C23H23NO2/c1-21(2)22-12-11-18(25)13-23(21,22)24-14-17-9-6-10-19(20(17)22)26-15-16-7-4-3-5-8-16/h3-12,24H,13-15H2,1-2H3/t22-,23+/m1/s1. The van der Waals surface area contributed by atoms with Crippen LogP contribution < -0.4 is 10.1 Å². The SMILES string of the molecule is CC1(C)[C@@]23CC(=O)C=C[C@@]12c1c(cccc1OCc1ccccc1)CN3. The number of carbonyl (C=O) groups is 1. The van der Waals surface area contributed by atoms with Gasteiger partial charge in [0, 0.05) is 29.5 Å². The van der Waals surface area contributed by atoms with E-state index in [1.807, 2.05) is 18.2 Å². The first-order valence-corrected chi connectivity index (χ1v) is 9.28. The van der Waals surface area contributed by atoms with Crippen LogP contribution in [0.5, 0.6) is 5.75 Å². The Bertz CT molecular complexity index is 930. The summed E-state index contributed by atoms with van der Waals surface area (Å²) in [6.45, 7) is 5.87. The lowest BCUT2D eigenvalue weighted by atomic mass is 9.78. The zero-order valence-electron chi connectivity index (χ0n) is 15.2. The predicted molar refractivity (Wildman–Crippen MR) is 101 cm³/mol. The average molecular weight is 345 g/mol. The van der Waals surface area contributed by atoms with Crippen molar-refractivity contribution in [2.24, 2.45) is 5.41 Å². The van der Waals surface area contributed by atoms with E-state index in [9.17, 15) is 4.79 Å². The lowest BCUT2D eigenvalue weighted by Gasteiger charge is -2.34. The van der Waals surface area contributed by atoms with Crippen LogP contribution >= 0.6 is 0 Å². The van der Waals surface area contributed by atoms with Crippen molar-refractivity contribution in [2.75, 3.05) is 0 Å². The first-order valence-electron chi connectivity index (χ1n) is 9.28. The number of allylic oxidation sites excluding steroid dienone is 1. The Hall–Kier alpha value is -2.39. The monoisotopic (exact) mass is 345 g/mol. The normalized spacial score (nSPS) is 30.2. The van der Waals surface area contributed by atoms with Crippen LogP contribution in [0.4, 0.5) is 0 Å². The molecule has 5 rings (SSSR count). The number of rotatable bonds is 3. The van der Waals surface area contributed by atoms with Gasteiger partial charge in [0.1, 0.15) is 12.4 Å². The molecule has 2 aromatic carbocycles. The average Bonchev–Trinajstić information content (AvgIpc) is 3.11. The molecule has 132 valence electrons. The Balaban J connectivity index is 1.60. The van der Waals surface area contributed by atoms with E-state index in [1.54, 1.807) is 6.08 Å². The van der Waals surface area contributed by atoms with Crippen molar-refractivity contribution in [3.05, 3.63) is 77.4 Å². The highest BCUT2D eigenvalue weighted by atomic mass is 16.5. The van der Waals surface area contributed by atoms with Crippen LogP contribution in [0.15, 0.2) is 60.7 Å². The molecule has 3 nitrogen and oxygen atoms in total. The number of nitrogens with one attached hydrogen (secondary N) is 1. The van der Waals surface area contributed by atoms with Gasteiger partial charge in [0.15, 0.2) is 5.78 Å². The van der Waals surface area contributed by atoms with Crippen LogP contribution in [0.1, 0.15) is 37.0 Å². The van der Waals surface area contributed by atoms with E-state index in [1.165, 1.54) is 11.1 Å². The van der Waals surface area contributed by atoms with E-state index < -0.39 is 0 Å². The number of ketones is 1. The lowest BCUT2D eigenvalue weighted by Crippen LogP contribution is -2.46. The maximum absolute atomic E-state index is 12.2. The second-order valence-electron chi connectivity index (χ2n) is 8.23. The summed E-state index contributed by atoms with van der Waals surface area (Å²) in [5, 5.41) is 3.71. The second-order valence-corrected chi connectivity index (χ2v) is 8.23. The quantitative estimate of drug-likeness (QED) is 0.916. The molecular weight excluding hydrogens is 322 g/mol. The van der Waals surface area contributed by atoms with E-state index in [2.05, 4.69) is 55.6 Å². The molecule has 0 saturated heterocycles. The summed E-state index contributed by atoms with van der Waals surface area (Å²) < 4.78 is 6.30. The number of carbonyl (C=O) groups excluding carboxylic acids is 1. The van der Waals surface area contributed by atoms with Crippen molar-refractivity contribution >= 4 is 5.78 Å². The molecule has 0 radical (unpaired) electrons. The molecule has 2 aromatic rings. The Morgan fingerprint density at radius 3 is 2.69 bits per heavy atom. The fourth-order valence-electron chi connectivity index (χ4n) is 5.56. The molecule has 3 aliphatic rings. The van der Waals surface area contributed by atoms with Crippen molar-refractivity contribution < 1.29 is 9.53 Å². The smallest absolute Gasteiger partial charge is 0.157 e. The number of hydrogen-bond donors (Lipinski definition) is 1. The van der Waals surface area contributed by atoms with Crippen LogP contribution in [-0.4, -0.2) is 11.3 Å². The highest BCUT2D eigenvalue weighted by Gasteiger charge is 2.84. The first-order chi connectivity index (χ1) is 12.5. The van der Waals surface area contributed by atoms with Crippen LogP contribution in [0.2, 0.25) is 0 Å². The summed E-state index contributed by atoms with van der Waals surface area (Å²) in [6, 6.07) is 16.6. The van der Waals surface area contributed by atoms with Gasteiger partial charge in [0.2, 0.25) is 0 Å². The molecule has 0 amide bonds. The molecule has 1 aliphatic heterocycles. The van der Waals surface area contributed by atoms with Gasteiger partial charge in [-0.1, -0.05) is 62.4 Å². The van der Waals surface area contributed by atoms with E-state index in [0.29, 0.717) is 13.0 Å². The van der Waals surface area contributed by atoms with Crippen LogP contribution in [0, 0.1) is 5.41 Å². The van der Waals surface area contributed by atoms with E-state index >= 15 is 0 Å². The summed E-state index contributed by atoms with van der Waals surface area (Å²) >= 11 is 0. The van der Waals surface area contributed by atoms with Crippen molar-refractivity contribution in [3.8, 4) is 5.75 Å². The molecule has 1 saturated carbocycles. The van der Waals surface area contributed by atoms with Crippen LogP contribution in [0.25, 0.3) is 0 Å². The summed E-state index contributed by atoms with van der Waals surface area (Å²) in [6.07, 6.45) is 4.47. The largest absolute Gasteiger partial charge is 0.489 e. The minimum absolute atomic E-state index is 0.0277. The van der Waals surface area contributed by atoms with E-state index in [0.717, 1.165) is 17.9 Å².